The van der Waals surface area contributed by atoms with E-state index in [0.717, 1.165) is 0 Å². The van der Waals surface area contributed by atoms with Crippen molar-refractivity contribution in [3.05, 3.63) is 0 Å². The number of rotatable bonds is 5. The van der Waals surface area contributed by atoms with Crippen LogP contribution in [0, 0.1) is 0 Å². The predicted molar refractivity (Wildman–Crippen MR) is 85.8 cm³/mol. The van der Waals surface area contributed by atoms with Crippen LogP contribution >= 0.6 is 21.0 Å². The van der Waals surface area contributed by atoms with Gasteiger partial charge < -0.3 is 19.5 Å². The fourth-order valence-corrected chi connectivity index (χ4v) is 2.01. The van der Waals surface area contributed by atoms with E-state index in [-0.39, 0.29) is 0 Å². The van der Waals surface area contributed by atoms with Crippen molar-refractivity contribution in [2.75, 3.05) is 18.7 Å². The number of hydrogen-bond donors (Lipinski definition) is 2. The Bertz CT molecular complexity index is 195. The van der Waals surface area contributed by atoms with Crippen LogP contribution in [-0.4, -0.2) is 30.4 Å². The first kappa shape index (κ1) is 24.0. The lowest BCUT2D eigenvalue weighted by molar-refractivity contribution is 0.0600. The lowest BCUT2D eigenvalue weighted by Gasteiger charge is -2.16. The van der Waals surface area contributed by atoms with Crippen LogP contribution in [0.25, 0.3) is 0 Å². The van der Waals surface area contributed by atoms with Gasteiger partial charge in [-0.3, -0.25) is 0 Å². The Kier molecular flexibility index (Phi) is 20.3. The highest BCUT2D eigenvalue weighted by Crippen LogP contribution is 2.38. The van der Waals surface area contributed by atoms with Crippen LogP contribution in [0.2, 0.25) is 0 Å². The van der Waals surface area contributed by atoms with Gasteiger partial charge in [0, 0.05) is 0 Å². The van der Waals surface area contributed by atoms with Crippen LogP contribution in [0.1, 0.15) is 48.5 Å². The van der Waals surface area contributed by atoms with Gasteiger partial charge >= 0.3 is 6.09 Å². The zero-order valence-electron chi connectivity index (χ0n) is 13.2. The van der Waals surface area contributed by atoms with Crippen molar-refractivity contribution in [3.8, 4) is 0 Å². The molecule has 0 heterocycles. The summed E-state index contributed by atoms with van der Waals surface area (Å²) < 4.78 is 15.0. The van der Waals surface area contributed by atoms with E-state index in [1.165, 1.54) is 0 Å². The molecule has 2 N–H and O–H groups in total. The third-order valence-electron chi connectivity index (χ3n) is 1.07. The van der Waals surface area contributed by atoms with Gasteiger partial charge in [-0.1, -0.05) is 13.8 Å². The highest BCUT2D eigenvalue weighted by atomic mass is 32.1. The molecule has 0 bridgehead atoms. The van der Waals surface area contributed by atoms with E-state index in [9.17, 15) is 4.79 Å². The van der Waals surface area contributed by atoms with Crippen molar-refractivity contribution in [1.82, 2.24) is 0 Å². The third kappa shape index (κ3) is 27.2. The SMILES string of the molecule is CC.CC(C)(C)OC(N)=O.CCOP(CS)OCC. The number of nitrogens with two attached hydrogens (primary N) is 1. The summed E-state index contributed by atoms with van der Waals surface area (Å²) in [6, 6.07) is 0. The van der Waals surface area contributed by atoms with E-state index in [0.29, 0.717) is 18.7 Å². The minimum Gasteiger partial charge on any atom is -0.444 e. The third-order valence-corrected chi connectivity index (χ3v) is 3.08. The van der Waals surface area contributed by atoms with Gasteiger partial charge in [0.05, 0.1) is 18.7 Å². The van der Waals surface area contributed by atoms with E-state index < -0.39 is 20.1 Å². The van der Waals surface area contributed by atoms with Crippen LogP contribution in [0.4, 0.5) is 4.79 Å². The van der Waals surface area contributed by atoms with Crippen molar-refractivity contribution in [2.45, 2.75) is 54.1 Å². The smallest absolute Gasteiger partial charge is 0.405 e. The summed E-state index contributed by atoms with van der Waals surface area (Å²) in [6.07, 6.45) is -0.725. The van der Waals surface area contributed by atoms with E-state index in [1.807, 2.05) is 27.7 Å². The van der Waals surface area contributed by atoms with Crippen LogP contribution in [0.5, 0.6) is 0 Å². The van der Waals surface area contributed by atoms with Crippen LogP contribution in [0.15, 0.2) is 0 Å². The molecular weight excluding hydrogens is 285 g/mol. The maximum absolute atomic E-state index is 10.0. The first-order valence-corrected chi connectivity index (χ1v) is 8.39. The first-order chi connectivity index (χ1) is 8.76. The molecule has 0 radical (unpaired) electrons. The van der Waals surface area contributed by atoms with Gasteiger partial charge in [-0.2, -0.15) is 12.6 Å². The molecule has 19 heavy (non-hydrogen) atoms. The second-order valence-electron chi connectivity index (χ2n) is 3.84. The normalized spacial score (nSPS) is 9.95. The van der Waals surface area contributed by atoms with E-state index in [1.54, 1.807) is 20.8 Å². The maximum atomic E-state index is 10.0. The highest BCUT2D eigenvalue weighted by Gasteiger charge is 2.12. The maximum Gasteiger partial charge on any atom is 0.405 e. The number of ether oxygens (including phenoxy) is 1. The van der Waals surface area contributed by atoms with Gasteiger partial charge in [-0.25, -0.2) is 4.79 Å². The van der Waals surface area contributed by atoms with Crippen molar-refractivity contribution in [1.29, 1.82) is 0 Å². The van der Waals surface area contributed by atoms with E-state index in [2.05, 4.69) is 17.4 Å². The van der Waals surface area contributed by atoms with Crippen molar-refractivity contribution >= 4 is 27.1 Å². The van der Waals surface area contributed by atoms with Gasteiger partial charge in [0.1, 0.15) is 5.60 Å². The lowest BCUT2D eigenvalue weighted by atomic mass is 10.2. The molecule has 1 amide bonds. The Morgan fingerprint density at radius 2 is 1.53 bits per heavy atom. The van der Waals surface area contributed by atoms with Crippen LogP contribution < -0.4 is 5.73 Å². The number of amides is 1. The summed E-state index contributed by atoms with van der Waals surface area (Å²) in [7, 11) is -0.694. The molecule has 0 aromatic rings. The second kappa shape index (κ2) is 16.0. The zero-order chi connectivity index (χ0) is 15.9. The van der Waals surface area contributed by atoms with Gasteiger partial charge in [0.25, 0.3) is 0 Å². The topological polar surface area (TPSA) is 70.8 Å². The molecule has 0 saturated carbocycles. The average molecular weight is 315 g/mol. The molecule has 0 aromatic carbocycles. The summed E-state index contributed by atoms with van der Waals surface area (Å²) in [5.74, 6) is 0. The largest absolute Gasteiger partial charge is 0.444 e. The summed E-state index contributed by atoms with van der Waals surface area (Å²) in [5, 5.41) is 0. The van der Waals surface area contributed by atoms with Crippen LogP contribution in [0.3, 0.4) is 0 Å². The zero-order valence-corrected chi connectivity index (χ0v) is 15.0. The minimum absolute atomic E-state index is 0.453. The molecule has 0 aliphatic carbocycles. The quantitative estimate of drug-likeness (QED) is 0.590. The van der Waals surface area contributed by atoms with Crippen molar-refractivity contribution in [2.24, 2.45) is 5.73 Å². The Balaban J connectivity index is -0.000000239. The fraction of sp³-hybridized carbons (Fsp3) is 0.917. The van der Waals surface area contributed by atoms with Crippen molar-refractivity contribution in [3.63, 3.8) is 0 Å². The molecule has 7 heteroatoms. The number of hydrogen-bond acceptors (Lipinski definition) is 5. The Morgan fingerprint density at radius 1 is 1.16 bits per heavy atom. The van der Waals surface area contributed by atoms with Crippen LogP contribution in [-0.2, 0) is 13.8 Å². The number of carbonyl (C=O) groups excluding carboxylic acids is 1. The Morgan fingerprint density at radius 3 is 1.63 bits per heavy atom. The van der Waals surface area contributed by atoms with E-state index >= 15 is 0 Å². The monoisotopic (exact) mass is 315 g/mol. The highest BCUT2D eigenvalue weighted by molar-refractivity contribution is 7.87. The molecule has 0 atom stereocenters. The summed E-state index contributed by atoms with van der Waals surface area (Å²) >= 11 is 4.06. The molecule has 0 spiro atoms. The summed E-state index contributed by atoms with van der Waals surface area (Å²) in [6.45, 7) is 14.6. The molecule has 0 fully saturated rings. The van der Waals surface area contributed by atoms with Gasteiger partial charge in [0.15, 0.2) is 8.38 Å². The number of primary amides is 1. The number of carbonyl (C=O) groups is 1. The van der Waals surface area contributed by atoms with Gasteiger partial charge in [0.2, 0.25) is 0 Å². The molecule has 5 nitrogen and oxygen atoms in total. The average Bonchev–Trinajstić information content (AvgIpc) is 2.29. The molecule has 0 unspecified atom stereocenters. The Hall–Kier alpha value is -0.0300. The van der Waals surface area contributed by atoms with Gasteiger partial charge in [-0.05, 0) is 34.6 Å². The molecule has 118 valence electrons. The summed E-state index contributed by atoms with van der Waals surface area (Å²) in [5.41, 5.74) is 4.96. The minimum atomic E-state index is -0.725. The predicted octanol–water partition coefficient (Wildman–Crippen LogP) is 4.17. The first-order valence-electron chi connectivity index (χ1n) is 6.39. The molecule has 0 rings (SSSR count). The van der Waals surface area contributed by atoms with Gasteiger partial charge in [-0.15, -0.1) is 0 Å². The lowest BCUT2D eigenvalue weighted by Crippen LogP contribution is -2.27. The van der Waals surface area contributed by atoms with Crippen molar-refractivity contribution < 1.29 is 18.6 Å². The fourth-order valence-electron chi connectivity index (χ4n) is 0.709. The Labute approximate surface area is 124 Å². The molecule has 0 aromatic heterocycles. The number of thiol groups is 1. The molecule has 0 aliphatic heterocycles. The second-order valence-corrected chi connectivity index (χ2v) is 6.16. The standard InChI is InChI=1S/C5H11NO2.C5H13O2PS.C2H6/c1-5(2,3)8-4(6)7;1-3-6-8(5-9)7-4-2;1-2/h1-3H3,(H2,6,7);9H,3-5H2,1-2H3;1-2H3. The summed E-state index contributed by atoms with van der Waals surface area (Å²) in [4.78, 5) is 10.0. The molecule has 0 saturated heterocycles. The molecule has 0 aliphatic rings. The molecular formula is C12H30NO4PS. The van der Waals surface area contributed by atoms with E-state index in [4.69, 9.17) is 14.8 Å².